The van der Waals surface area contributed by atoms with Gasteiger partial charge in [-0.1, -0.05) is 18.2 Å². The first-order valence-electron chi connectivity index (χ1n) is 5.47. The minimum atomic E-state index is -0.0159. The molecule has 0 aliphatic carbocycles. The van der Waals surface area contributed by atoms with Gasteiger partial charge in [-0.2, -0.15) is 0 Å². The number of carbonyl (C=O) groups is 1. The summed E-state index contributed by atoms with van der Waals surface area (Å²) in [5, 5.41) is 0. The Bertz CT molecular complexity index is 587. The second-order valence-electron chi connectivity index (χ2n) is 3.74. The number of hydrogen-bond donors (Lipinski definition) is 0. The Morgan fingerprint density at radius 1 is 1.44 bits per heavy atom. The number of benzene rings is 1. The van der Waals surface area contributed by atoms with Crippen molar-refractivity contribution in [2.45, 2.75) is 6.92 Å². The van der Waals surface area contributed by atoms with Gasteiger partial charge < -0.3 is 4.74 Å². The number of ether oxygens (including phenoxy) is 1. The maximum Gasteiger partial charge on any atom is 0.197 e. The van der Waals surface area contributed by atoms with E-state index in [9.17, 15) is 4.79 Å². The van der Waals surface area contributed by atoms with Crippen molar-refractivity contribution in [3.63, 3.8) is 0 Å². The lowest BCUT2D eigenvalue weighted by molar-refractivity contribution is 0.105. The van der Waals surface area contributed by atoms with Gasteiger partial charge in [0.25, 0.3) is 0 Å². The molecule has 3 nitrogen and oxygen atoms in total. The standard InChI is InChI=1S/C14H13NO2S/c1-10-14(18-9-15-10)13(16)7-6-11-4-3-5-12(8-11)17-2/h3-9H,1-2H3/b7-6+. The van der Waals surface area contributed by atoms with Gasteiger partial charge in [-0.05, 0) is 30.7 Å². The van der Waals surface area contributed by atoms with Crippen molar-refractivity contribution < 1.29 is 9.53 Å². The molecule has 92 valence electrons. The van der Waals surface area contributed by atoms with Gasteiger partial charge in [-0.15, -0.1) is 11.3 Å². The van der Waals surface area contributed by atoms with Crippen LogP contribution in [0.3, 0.4) is 0 Å². The Kier molecular flexibility index (Phi) is 3.89. The average molecular weight is 259 g/mol. The van der Waals surface area contributed by atoms with Gasteiger partial charge in [0, 0.05) is 0 Å². The first kappa shape index (κ1) is 12.5. The highest BCUT2D eigenvalue weighted by Crippen LogP contribution is 2.16. The molecule has 0 N–H and O–H groups in total. The summed E-state index contributed by atoms with van der Waals surface area (Å²) in [6.07, 6.45) is 3.35. The monoisotopic (exact) mass is 259 g/mol. The highest BCUT2D eigenvalue weighted by molar-refractivity contribution is 7.12. The topological polar surface area (TPSA) is 39.2 Å². The van der Waals surface area contributed by atoms with E-state index in [-0.39, 0.29) is 5.78 Å². The quantitative estimate of drug-likeness (QED) is 0.624. The van der Waals surface area contributed by atoms with Crippen LogP contribution >= 0.6 is 11.3 Å². The molecule has 0 radical (unpaired) electrons. The fourth-order valence-corrected chi connectivity index (χ4v) is 2.25. The predicted molar refractivity (Wildman–Crippen MR) is 73.2 cm³/mol. The molecule has 2 aromatic rings. The summed E-state index contributed by atoms with van der Waals surface area (Å²) in [5.74, 6) is 0.761. The maximum atomic E-state index is 11.9. The number of ketones is 1. The van der Waals surface area contributed by atoms with Crippen molar-refractivity contribution in [3.05, 3.63) is 52.0 Å². The normalized spacial score (nSPS) is 10.8. The molecule has 0 spiro atoms. The van der Waals surface area contributed by atoms with Crippen molar-refractivity contribution in [2.75, 3.05) is 7.11 Å². The van der Waals surface area contributed by atoms with Gasteiger partial charge in [0.05, 0.1) is 23.2 Å². The molecule has 0 unspecified atom stereocenters. The van der Waals surface area contributed by atoms with Gasteiger partial charge >= 0.3 is 0 Å². The molecule has 1 heterocycles. The molecule has 1 aromatic heterocycles. The second kappa shape index (κ2) is 5.60. The predicted octanol–water partition coefficient (Wildman–Crippen LogP) is 3.36. The molecular formula is C14H13NO2S. The van der Waals surface area contributed by atoms with E-state index in [1.165, 1.54) is 11.3 Å². The third kappa shape index (κ3) is 2.84. The second-order valence-corrected chi connectivity index (χ2v) is 4.60. The third-order valence-electron chi connectivity index (χ3n) is 2.49. The average Bonchev–Trinajstić information content (AvgIpc) is 2.82. The number of nitrogens with zero attached hydrogens (tertiary/aromatic N) is 1. The fraction of sp³-hybridized carbons (Fsp3) is 0.143. The van der Waals surface area contributed by atoms with Crippen LogP contribution in [0.2, 0.25) is 0 Å². The van der Waals surface area contributed by atoms with Crippen LogP contribution in [0.1, 0.15) is 20.9 Å². The Balaban J connectivity index is 2.16. The lowest BCUT2D eigenvalue weighted by Crippen LogP contribution is -1.93. The molecule has 4 heteroatoms. The minimum Gasteiger partial charge on any atom is -0.497 e. The molecule has 0 amide bonds. The van der Waals surface area contributed by atoms with Crippen LogP contribution in [0, 0.1) is 6.92 Å². The molecule has 18 heavy (non-hydrogen) atoms. The summed E-state index contributed by atoms with van der Waals surface area (Å²) in [5.41, 5.74) is 3.40. The van der Waals surface area contributed by atoms with E-state index in [1.54, 1.807) is 24.8 Å². The molecule has 0 aliphatic heterocycles. The van der Waals surface area contributed by atoms with Crippen molar-refractivity contribution in [2.24, 2.45) is 0 Å². The molecule has 0 saturated heterocycles. The van der Waals surface area contributed by atoms with Crippen LogP contribution in [0.4, 0.5) is 0 Å². The van der Waals surface area contributed by atoms with Gasteiger partial charge in [0.2, 0.25) is 0 Å². The molecule has 0 saturated carbocycles. The molecule has 0 bridgehead atoms. The number of hydrogen-bond acceptors (Lipinski definition) is 4. The van der Waals surface area contributed by atoms with E-state index >= 15 is 0 Å². The summed E-state index contributed by atoms with van der Waals surface area (Å²) < 4.78 is 5.13. The summed E-state index contributed by atoms with van der Waals surface area (Å²) in [6, 6.07) is 7.56. The lowest BCUT2D eigenvalue weighted by Gasteiger charge is -1.99. The lowest BCUT2D eigenvalue weighted by atomic mass is 10.1. The largest absolute Gasteiger partial charge is 0.497 e. The van der Waals surface area contributed by atoms with Gasteiger partial charge in [-0.25, -0.2) is 4.98 Å². The maximum absolute atomic E-state index is 11.9. The van der Waals surface area contributed by atoms with E-state index in [4.69, 9.17) is 4.74 Å². The van der Waals surface area contributed by atoms with E-state index in [0.29, 0.717) is 4.88 Å². The molecule has 0 aliphatic rings. The van der Waals surface area contributed by atoms with E-state index in [2.05, 4.69) is 4.98 Å². The first-order chi connectivity index (χ1) is 8.70. The number of methoxy groups -OCH3 is 1. The van der Waals surface area contributed by atoms with Gasteiger partial charge in [0.1, 0.15) is 5.75 Å². The zero-order valence-electron chi connectivity index (χ0n) is 10.2. The van der Waals surface area contributed by atoms with Crippen molar-refractivity contribution in [1.29, 1.82) is 0 Å². The van der Waals surface area contributed by atoms with E-state index in [0.717, 1.165) is 17.0 Å². The number of allylic oxidation sites excluding steroid dienone is 1. The van der Waals surface area contributed by atoms with Crippen molar-refractivity contribution in [1.82, 2.24) is 4.98 Å². The number of carbonyl (C=O) groups excluding carboxylic acids is 1. The molecule has 2 rings (SSSR count). The molecule has 0 atom stereocenters. The van der Waals surface area contributed by atoms with Crippen LogP contribution < -0.4 is 4.74 Å². The number of aryl methyl sites for hydroxylation is 1. The smallest absolute Gasteiger partial charge is 0.197 e. The van der Waals surface area contributed by atoms with Crippen LogP contribution in [-0.4, -0.2) is 17.9 Å². The summed E-state index contributed by atoms with van der Waals surface area (Å²) in [6.45, 7) is 1.84. The molecular weight excluding hydrogens is 246 g/mol. The minimum absolute atomic E-state index is 0.0159. The Hall–Kier alpha value is -1.94. The van der Waals surface area contributed by atoms with Crippen LogP contribution in [-0.2, 0) is 0 Å². The van der Waals surface area contributed by atoms with Crippen LogP contribution in [0.15, 0.2) is 35.9 Å². The number of rotatable bonds is 4. The van der Waals surface area contributed by atoms with Crippen LogP contribution in [0.25, 0.3) is 6.08 Å². The Morgan fingerprint density at radius 3 is 2.94 bits per heavy atom. The fourth-order valence-electron chi connectivity index (χ4n) is 1.53. The Labute approximate surface area is 110 Å². The Morgan fingerprint density at radius 2 is 2.28 bits per heavy atom. The highest BCUT2D eigenvalue weighted by atomic mass is 32.1. The van der Waals surface area contributed by atoms with Gasteiger partial charge in [0.15, 0.2) is 5.78 Å². The summed E-state index contributed by atoms with van der Waals surface area (Å²) >= 11 is 1.36. The zero-order valence-corrected chi connectivity index (χ0v) is 11.0. The van der Waals surface area contributed by atoms with Crippen LogP contribution in [0.5, 0.6) is 5.75 Å². The third-order valence-corrected chi connectivity index (χ3v) is 3.43. The number of thiazole rings is 1. The molecule has 1 aromatic carbocycles. The van der Waals surface area contributed by atoms with Gasteiger partial charge in [-0.3, -0.25) is 4.79 Å². The molecule has 0 fully saturated rings. The SMILES string of the molecule is COc1cccc(/C=C/C(=O)c2scnc2C)c1. The zero-order chi connectivity index (χ0) is 13.0. The van der Waals surface area contributed by atoms with Crippen molar-refractivity contribution >= 4 is 23.2 Å². The number of aromatic nitrogens is 1. The summed E-state index contributed by atoms with van der Waals surface area (Å²) in [4.78, 5) is 16.7. The van der Waals surface area contributed by atoms with E-state index in [1.807, 2.05) is 31.2 Å². The highest BCUT2D eigenvalue weighted by Gasteiger charge is 2.07. The summed E-state index contributed by atoms with van der Waals surface area (Å²) in [7, 11) is 1.62. The first-order valence-corrected chi connectivity index (χ1v) is 6.35. The van der Waals surface area contributed by atoms with E-state index < -0.39 is 0 Å². The van der Waals surface area contributed by atoms with Crippen molar-refractivity contribution in [3.8, 4) is 5.75 Å².